The Morgan fingerprint density at radius 3 is 2.24 bits per heavy atom. The number of hydrogen-bond donors (Lipinski definition) is 2. The van der Waals surface area contributed by atoms with Crippen molar-refractivity contribution in [1.82, 2.24) is 5.43 Å². The average Bonchev–Trinajstić information content (AvgIpc) is 2.53. The van der Waals surface area contributed by atoms with Gasteiger partial charge in [-0.1, -0.05) is 67.9 Å². The summed E-state index contributed by atoms with van der Waals surface area (Å²) in [6, 6.07) is 18.5. The van der Waals surface area contributed by atoms with Gasteiger partial charge in [0.25, 0.3) is 0 Å². The van der Waals surface area contributed by atoms with Crippen molar-refractivity contribution in [3.05, 3.63) is 70.7 Å². The van der Waals surface area contributed by atoms with Crippen molar-refractivity contribution in [2.45, 2.75) is 38.1 Å². The predicted octanol–water partition coefficient (Wildman–Crippen LogP) is 4.60. The fraction of sp³-hybridized carbons (Fsp3) is 0.333. The van der Waals surface area contributed by atoms with Crippen molar-refractivity contribution in [3.63, 3.8) is 0 Å². The van der Waals surface area contributed by atoms with E-state index < -0.39 is 0 Å². The van der Waals surface area contributed by atoms with E-state index in [1.165, 1.54) is 5.56 Å². The van der Waals surface area contributed by atoms with Gasteiger partial charge in [-0.05, 0) is 36.1 Å². The molecule has 1 unspecified atom stereocenters. The van der Waals surface area contributed by atoms with E-state index in [1.54, 1.807) is 0 Å². The molecule has 3 N–H and O–H groups in total. The summed E-state index contributed by atoms with van der Waals surface area (Å²) in [5, 5.41) is 0.738. The van der Waals surface area contributed by atoms with Crippen LogP contribution in [0.15, 0.2) is 54.6 Å². The van der Waals surface area contributed by atoms with Crippen LogP contribution in [0.4, 0.5) is 0 Å². The van der Waals surface area contributed by atoms with E-state index in [9.17, 15) is 0 Å². The molecule has 0 amide bonds. The molecule has 2 aromatic carbocycles. The highest BCUT2D eigenvalue weighted by molar-refractivity contribution is 6.30. The molecule has 0 aliphatic carbocycles. The average molecular weight is 303 g/mol. The largest absolute Gasteiger partial charge is 0.271 e. The number of nitrogens with one attached hydrogen (secondary N) is 1. The lowest BCUT2D eigenvalue weighted by atomic mass is 9.68. The number of hydrogen-bond acceptors (Lipinski definition) is 2. The third-order valence-electron chi connectivity index (χ3n) is 4.51. The van der Waals surface area contributed by atoms with E-state index in [2.05, 4.69) is 49.6 Å². The minimum absolute atomic E-state index is 0.0219. The monoisotopic (exact) mass is 302 g/mol. The van der Waals surface area contributed by atoms with Crippen LogP contribution in [0.1, 0.15) is 43.9 Å². The second-order valence-corrected chi connectivity index (χ2v) is 5.82. The summed E-state index contributed by atoms with van der Waals surface area (Å²) in [5.41, 5.74) is 5.40. The summed E-state index contributed by atoms with van der Waals surface area (Å²) in [6.07, 6.45) is 1.99. The lowest BCUT2D eigenvalue weighted by Gasteiger charge is -2.40. The first-order chi connectivity index (χ1) is 10.2. The number of nitrogens with two attached hydrogens (primary N) is 1. The maximum absolute atomic E-state index is 6.16. The molecular weight excluding hydrogens is 280 g/mol. The molecule has 2 rings (SSSR count). The molecule has 112 valence electrons. The highest BCUT2D eigenvalue weighted by atomic mass is 35.5. The second kappa shape index (κ2) is 7.08. The van der Waals surface area contributed by atoms with Gasteiger partial charge in [-0.15, -0.1) is 0 Å². The Morgan fingerprint density at radius 2 is 1.71 bits per heavy atom. The van der Waals surface area contributed by atoms with Crippen molar-refractivity contribution >= 4 is 11.6 Å². The van der Waals surface area contributed by atoms with Crippen molar-refractivity contribution in [3.8, 4) is 0 Å². The highest BCUT2D eigenvalue weighted by Crippen LogP contribution is 2.43. The molecule has 3 heteroatoms. The zero-order valence-electron chi connectivity index (χ0n) is 12.6. The molecule has 0 aliphatic rings. The third kappa shape index (κ3) is 3.13. The van der Waals surface area contributed by atoms with Gasteiger partial charge >= 0.3 is 0 Å². The molecule has 2 aromatic rings. The van der Waals surface area contributed by atoms with Crippen LogP contribution in [0, 0.1) is 0 Å². The highest BCUT2D eigenvalue weighted by Gasteiger charge is 2.37. The van der Waals surface area contributed by atoms with Gasteiger partial charge in [0.2, 0.25) is 0 Å². The van der Waals surface area contributed by atoms with Crippen LogP contribution in [-0.2, 0) is 5.41 Å². The van der Waals surface area contributed by atoms with Gasteiger partial charge < -0.3 is 0 Å². The maximum atomic E-state index is 6.16. The summed E-state index contributed by atoms with van der Waals surface area (Å²) in [6.45, 7) is 4.43. The molecule has 1 atom stereocenters. The van der Waals surface area contributed by atoms with Crippen LogP contribution in [-0.4, -0.2) is 0 Å². The fourth-order valence-corrected chi connectivity index (χ4v) is 3.46. The first kappa shape index (κ1) is 16.0. The van der Waals surface area contributed by atoms with Crippen molar-refractivity contribution in [2.24, 2.45) is 5.84 Å². The third-order valence-corrected chi connectivity index (χ3v) is 4.75. The molecule has 0 fully saturated rings. The first-order valence-electron chi connectivity index (χ1n) is 7.45. The van der Waals surface area contributed by atoms with E-state index in [-0.39, 0.29) is 11.5 Å². The molecule has 0 bridgehead atoms. The minimum atomic E-state index is -0.0549. The van der Waals surface area contributed by atoms with Crippen molar-refractivity contribution < 1.29 is 0 Å². The lowest BCUT2D eigenvalue weighted by Crippen LogP contribution is -2.44. The quantitative estimate of drug-likeness (QED) is 0.604. The molecule has 21 heavy (non-hydrogen) atoms. The molecular formula is C18H23ClN2. The van der Waals surface area contributed by atoms with Crippen LogP contribution in [0.2, 0.25) is 5.02 Å². The zero-order chi connectivity index (χ0) is 15.3. The predicted molar refractivity (Wildman–Crippen MR) is 90.2 cm³/mol. The van der Waals surface area contributed by atoms with Crippen LogP contribution < -0.4 is 11.3 Å². The number of halogens is 1. The van der Waals surface area contributed by atoms with E-state index in [1.807, 2.05) is 24.3 Å². The molecule has 0 aliphatic heterocycles. The number of benzene rings is 2. The maximum Gasteiger partial charge on any atom is 0.0556 e. The van der Waals surface area contributed by atoms with E-state index in [4.69, 9.17) is 17.4 Å². The molecule has 0 spiro atoms. The number of rotatable bonds is 6. The Hall–Kier alpha value is -1.35. The second-order valence-electron chi connectivity index (χ2n) is 5.38. The Labute approximate surface area is 132 Å². The van der Waals surface area contributed by atoms with Crippen molar-refractivity contribution in [1.29, 1.82) is 0 Å². The summed E-state index contributed by atoms with van der Waals surface area (Å²) >= 11 is 6.16. The summed E-state index contributed by atoms with van der Waals surface area (Å²) in [4.78, 5) is 0. The SMILES string of the molecule is CCC(CC)(c1ccccc1)C(NN)c1cccc(Cl)c1. The van der Waals surface area contributed by atoms with Crippen LogP contribution in [0.3, 0.4) is 0 Å². The summed E-state index contributed by atoms with van der Waals surface area (Å²) in [5.74, 6) is 5.94. The standard InChI is InChI=1S/C18H23ClN2/c1-3-18(4-2,15-10-6-5-7-11-15)17(21-20)14-9-8-12-16(19)13-14/h5-13,17,21H,3-4,20H2,1-2H3. The fourth-order valence-electron chi connectivity index (χ4n) is 3.26. The minimum Gasteiger partial charge on any atom is -0.271 e. The Balaban J connectivity index is 2.54. The number of hydrazine groups is 1. The normalized spacial score (nSPS) is 13.1. The van der Waals surface area contributed by atoms with E-state index in [0.717, 1.165) is 23.4 Å². The summed E-state index contributed by atoms with van der Waals surface area (Å²) in [7, 11) is 0. The molecule has 0 radical (unpaired) electrons. The van der Waals surface area contributed by atoms with Gasteiger partial charge in [0.1, 0.15) is 0 Å². The molecule has 0 saturated heterocycles. The smallest absolute Gasteiger partial charge is 0.0556 e. The lowest BCUT2D eigenvalue weighted by molar-refractivity contribution is 0.276. The zero-order valence-corrected chi connectivity index (χ0v) is 13.4. The van der Waals surface area contributed by atoms with Crippen LogP contribution in [0.5, 0.6) is 0 Å². The van der Waals surface area contributed by atoms with Gasteiger partial charge in [-0.25, -0.2) is 0 Å². The van der Waals surface area contributed by atoms with Crippen molar-refractivity contribution in [2.75, 3.05) is 0 Å². The molecule has 0 aromatic heterocycles. The first-order valence-corrected chi connectivity index (χ1v) is 7.83. The Morgan fingerprint density at radius 1 is 1.05 bits per heavy atom. The van der Waals surface area contributed by atoms with E-state index >= 15 is 0 Å². The van der Waals surface area contributed by atoms with Gasteiger partial charge in [0.15, 0.2) is 0 Å². The summed E-state index contributed by atoms with van der Waals surface area (Å²) < 4.78 is 0. The van der Waals surface area contributed by atoms with Gasteiger partial charge in [0, 0.05) is 10.4 Å². The van der Waals surface area contributed by atoms with Crippen LogP contribution in [0.25, 0.3) is 0 Å². The molecule has 0 saturated carbocycles. The topological polar surface area (TPSA) is 38.0 Å². The molecule has 2 nitrogen and oxygen atoms in total. The van der Waals surface area contributed by atoms with Gasteiger partial charge in [-0.2, -0.15) is 0 Å². The van der Waals surface area contributed by atoms with Gasteiger partial charge in [0.05, 0.1) is 6.04 Å². The Kier molecular flexibility index (Phi) is 5.40. The molecule has 0 heterocycles. The Bertz CT molecular complexity index is 564. The van der Waals surface area contributed by atoms with E-state index in [0.29, 0.717) is 0 Å². The van der Waals surface area contributed by atoms with Gasteiger partial charge in [-0.3, -0.25) is 11.3 Å². The van der Waals surface area contributed by atoms with Crippen LogP contribution >= 0.6 is 11.6 Å².